The Morgan fingerprint density at radius 2 is 2.15 bits per heavy atom. The zero-order valence-corrected chi connectivity index (χ0v) is 11.3. The average Bonchev–Trinajstić information content (AvgIpc) is 2.89. The zero-order valence-electron chi connectivity index (χ0n) is 9.68. The van der Waals surface area contributed by atoms with Crippen molar-refractivity contribution >= 4 is 37.9 Å². The molecule has 0 unspecified atom stereocenters. The largest absolute Gasteiger partial charge is 0.318 e. The van der Waals surface area contributed by atoms with Crippen molar-refractivity contribution in [3.63, 3.8) is 0 Å². The first-order chi connectivity index (χ1) is 9.45. The molecule has 0 fully saturated rings. The van der Waals surface area contributed by atoms with Crippen LogP contribution in [0.5, 0.6) is 0 Å². The lowest BCUT2D eigenvalue weighted by Gasteiger charge is -2.08. The number of hydrazine groups is 1. The molecule has 1 aromatic carbocycles. The number of benzene rings is 1. The van der Waals surface area contributed by atoms with Crippen LogP contribution in [0.3, 0.4) is 0 Å². The van der Waals surface area contributed by atoms with Gasteiger partial charge >= 0.3 is 5.69 Å². The van der Waals surface area contributed by atoms with E-state index in [1.807, 2.05) is 0 Å². The molecule has 2 aromatic rings. The number of nitrogens with zero attached hydrogens (tertiary/aromatic N) is 3. The highest BCUT2D eigenvalue weighted by atomic mass is 32.2. The molecule has 0 bridgehead atoms. The third-order valence-electron chi connectivity index (χ3n) is 2.21. The van der Waals surface area contributed by atoms with Gasteiger partial charge in [-0.1, -0.05) is 17.4 Å². The Morgan fingerprint density at radius 1 is 1.40 bits per heavy atom. The van der Waals surface area contributed by atoms with Crippen LogP contribution in [0.1, 0.15) is 0 Å². The SMILES string of the molecule is NNc1cccc(S(=O)(=O)Nc2nncs2)c1[N+](=O)[O-]. The summed E-state index contributed by atoms with van der Waals surface area (Å²) in [5.74, 6) is 5.15. The summed E-state index contributed by atoms with van der Waals surface area (Å²) in [6.07, 6.45) is 0. The fraction of sp³-hybridized carbons (Fsp3) is 0. The second-order valence-electron chi connectivity index (χ2n) is 3.40. The minimum Gasteiger partial charge on any atom is -0.318 e. The summed E-state index contributed by atoms with van der Waals surface area (Å²) >= 11 is 0.946. The number of anilines is 2. The molecule has 0 atom stereocenters. The zero-order chi connectivity index (χ0) is 14.8. The summed E-state index contributed by atoms with van der Waals surface area (Å²) in [5, 5.41) is 18.0. The number of nitro groups is 1. The lowest BCUT2D eigenvalue weighted by Crippen LogP contribution is -2.17. The molecule has 1 heterocycles. The Kier molecular flexibility index (Phi) is 3.78. The van der Waals surface area contributed by atoms with Gasteiger partial charge in [-0.3, -0.25) is 20.7 Å². The van der Waals surface area contributed by atoms with E-state index in [4.69, 9.17) is 5.84 Å². The maximum atomic E-state index is 12.1. The Morgan fingerprint density at radius 3 is 2.70 bits per heavy atom. The molecule has 4 N–H and O–H groups in total. The molecule has 0 saturated heterocycles. The molecule has 0 aliphatic heterocycles. The highest BCUT2D eigenvalue weighted by Gasteiger charge is 2.29. The molecular weight excluding hydrogens is 308 g/mol. The predicted octanol–water partition coefficient (Wildman–Crippen LogP) is 0.533. The van der Waals surface area contributed by atoms with Gasteiger partial charge in [0.05, 0.1) is 4.92 Å². The van der Waals surface area contributed by atoms with Gasteiger partial charge in [0, 0.05) is 0 Å². The van der Waals surface area contributed by atoms with Gasteiger partial charge in [-0.2, -0.15) is 0 Å². The van der Waals surface area contributed by atoms with E-state index in [1.54, 1.807) is 0 Å². The molecule has 12 heteroatoms. The summed E-state index contributed by atoms with van der Waals surface area (Å²) in [4.78, 5) is 9.69. The van der Waals surface area contributed by atoms with Gasteiger partial charge in [-0.15, -0.1) is 10.2 Å². The summed E-state index contributed by atoms with van der Waals surface area (Å²) in [7, 11) is -4.17. The average molecular weight is 316 g/mol. The Labute approximate surface area is 116 Å². The van der Waals surface area contributed by atoms with Crippen molar-refractivity contribution in [2.75, 3.05) is 10.1 Å². The van der Waals surface area contributed by atoms with Crippen molar-refractivity contribution in [1.82, 2.24) is 10.2 Å². The Balaban J connectivity index is 2.54. The standard InChI is InChI=1S/C8H8N6O4S2/c9-11-5-2-1-3-6(7(5)14(15)16)20(17,18)13-8-12-10-4-19-8/h1-4,11H,9H2,(H,12,13). The van der Waals surface area contributed by atoms with E-state index in [1.165, 1.54) is 17.6 Å². The van der Waals surface area contributed by atoms with Crippen LogP contribution >= 0.6 is 11.3 Å². The maximum Gasteiger partial charge on any atom is 0.314 e. The number of nitrogen functional groups attached to an aromatic ring is 1. The molecule has 0 amide bonds. The molecule has 20 heavy (non-hydrogen) atoms. The first-order valence-corrected chi connectivity index (χ1v) is 7.35. The second kappa shape index (κ2) is 5.36. The van der Waals surface area contributed by atoms with E-state index < -0.39 is 25.5 Å². The van der Waals surface area contributed by atoms with Crippen molar-refractivity contribution < 1.29 is 13.3 Å². The third-order valence-corrected chi connectivity index (χ3v) is 4.31. The Bertz CT molecular complexity index is 729. The predicted molar refractivity (Wildman–Crippen MR) is 71.6 cm³/mol. The van der Waals surface area contributed by atoms with Crippen molar-refractivity contribution in [2.24, 2.45) is 5.84 Å². The van der Waals surface area contributed by atoms with Gasteiger partial charge in [0.1, 0.15) is 11.2 Å². The van der Waals surface area contributed by atoms with Gasteiger partial charge in [-0.05, 0) is 12.1 Å². The summed E-state index contributed by atoms with van der Waals surface area (Å²) in [5.41, 5.74) is 2.65. The van der Waals surface area contributed by atoms with Crippen LogP contribution in [-0.4, -0.2) is 23.5 Å². The molecule has 10 nitrogen and oxygen atoms in total. The topological polar surface area (TPSA) is 153 Å². The number of rotatable bonds is 5. The minimum atomic E-state index is -4.17. The molecule has 0 radical (unpaired) electrons. The number of hydrogen-bond acceptors (Lipinski definition) is 9. The fourth-order valence-electron chi connectivity index (χ4n) is 1.43. The molecule has 0 spiro atoms. The summed E-state index contributed by atoms with van der Waals surface area (Å²) < 4.78 is 26.4. The summed E-state index contributed by atoms with van der Waals surface area (Å²) in [6, 6.07) is 3.72. The number of nitrogens with one attached hydrogen (secondary N) is 2. The van der Waals surface area contributed by atoms with E-state index in [0.717, 1.165) is 17.4 Å². The molecule has 106 valence electrons. The molecule has 1 aromatic heterocycles. The monoisotopic (exact) mass is 316 g/mol. The number of nitro benzene ring substituents is 1. The highest BCUT2D eigenvalue weighted by molar-refractivity contribution is 7.93. The number of para-hydroxylation sites is 1. The lowest BCUT2D eigenvalue weighted by molar-refractivity contribution is -0.386. The van der Waals surface area contributed by atoms with Crippen LogP contribution in [-0.2, 0) is 10.0 Å². The van der Waals surface area contributed by atoms with Crippen LogP contribution in [0.4, 0.5) is 16.5 Å². The fourth-order valence-corrected chi connectivity index (χ4v) is 3.32. The third kappa shape index (κ3) is 2.66. The van der Waals surface area contributed by atoms with Gasteiger partial charge in [-0.25, -0.2) is 8.42 Å². The van der Waals surface area contributed by atoms with Crippen LogP contribution in [0, 0.1) is 10.1 Å². The van der Waals surface area contributed by atoms with Gasteiger partial charge in [0.15, 0.2) is 4.90 Å². The first kappa shape index (κ1) is 14.1. The van der Waals surface area contributed by atoms with E-state index in [2.05, 4.69) is 20.3 Å². The van der Waals surface area contributed by atoms with Gasteiger partial charge in [0.25, 0.3) is 10.0 Å². The Hall–Kier alpha value is -2.31. The van der Waals surface area contributed by atoms with Gasteiger partial charge in [0.2, 0.25) is 5.13 Å². The van der Waals surface area contributed by atoms with Crippen LogP contribution in [0.2, 0.25) is 0 Å². The maximum absolute atomic E-state index is 12.1. The molecule has 2 rings (SSSR count). The van der Waals surface area contributed by atoms with Crippen molar-refractivity contribution in [3.05, 3.63) is 33.8 Å². The number of sulfonamides is 1. The lowest BCUT2D eigenvalue weighted by atomic mass is 10.3. The van der Waals surface area contributed by atoms with Gasteiger partial charge < -0.3 is 5.43 Å². The molecule has 0 aliphatic carbocycles. The number of nitrogens with two attached hydrogens (primary N) is 1. The highest BCUT2D eigenvalue weighted by Crippen LogP contribution is 2.32. The van der Waals surface area contributed by atoms with Crippen LogP contribution in [0.25, 0.3) is 0 Å². The quantitative estimate of drug-likeness (QED) is 0.410. The smallest absolute Gasteiger partial charge is 0.314 e. The second-order valence-corrected chi connectivity index (χ2v) is 5.89. The molecular formula is C8H8N6O4S2. The van der Waals surface area contributed by atoms with E-state index in [-0.39, 0.29) is 10.8 Å². The van der Waals surface area contributed by atoms with Crippen LogP contribution < -0.4 is 16.0 Å². The first-order valence-electron chi connectivity index (χ1n) is 4.98. The van der Waals surface area contributed by atoms with Crippen molar-refractivity contribution in [3.8, 4) is 0 Å². The van der Waals surface area contributed by atoms with Crippen LogP contribution in [0.15, 0.2) is 28.6 Å². The minimum absolute atomic E-state index is 0.00501. The van der Waals surface area contributed by atoms with E-state index in [9.17, 15) is 18.5 Å². The molecule has 0 saturated carbocycles. The number of aromatic nitrogens is 2. The molecule has 0 aliphatic rings. The van der Waals surface area contributed by atoms with Crippen molar-refractivity contribution in [2.45, 2.75) is 4.90 Å². The van der Waals surface area contributed by atoms with Crippen molar-refractivity contribution in [1.29, 1.82) is 0 Å². The van der Waals surface area contributed by atoms with E-state index >= 15 is 0 Å². The van der Waals surface area contributed by atoms with E-state index in [0.29, 0.717) is 0 Å². The normalized spacial score (nSPS) is 11.1. The summed E-state index contributed by atoms with van der Waals surface area (Å²) in [6.45, 7) is 0. The number of hydrogen-bond donors (Lipinski definition) is 3.